The van der Waals surface area contributed by atoms with Gasteiger partial charge in [0, 0.05) is 31.7 Å². The highest BCUT2D eigenvalue weighted by molar-refractivity contribution is 5.68. The van der Waals surface area contributed by atoms with Crippen molar-refractivity contribution in [2.24, 2.45) is 18.9 Å². The quantitative estimate of drug-likeness (QED) is 0.507. The van der Waals surface area contributed by atoms with Gasteiger partial charge >= 0.3 is 0 Å². The minimum absolute atomic E-state index is 0.170. The Hall–Kier alpha value is -3.56. The summed E-state index contributed by atoms with van der Waals surface area (Å²) in [6.07, 6.45) is 3.02. The van der Waals surface area contributed by atoms with E-state index < -0.39 is 0 Å². The van der Waals surface area contributed by atoms with Gasteiger partial charge in [0.1, 0.15) is 18.7 Å². The Bertz CT molecular complexity index is 1300. The summed E-state index contributed by atoms with van der Waals surface area (Å²) >= 11 is 0. The second-order valence-corrected chi connectivity index (χ2v) is 7.99. The summed E-state index contributed by atoms with van der Waals surface area (Å²) in [5.41, 5.74) is 1.70. The molecule has 0 amide bonds. The first-order valence-electron chi connectivity index (χ1n) is 9.78. The number of aryl methyl sites for hydroxylation is 1. The summed E-state index contributed by atoms with van der Waals surface area (Å²) in [6, 6.07) is 6.60. The van der Waals surface area contributed by atoms with Gasteiger partial charge in [-0.05, 0) is 36.1 Å². The Labute approximate surface area is 169 Å². The van der Waals surface area contributed by atoms with E-state index in [1.807, 2.05) is 12.1 Å². The van der Waals surface area contributed by atoms with Crippen LogP contribution in [0.2, 0.25) is 0 Å². The number of aromatic nitrogens is 6. The maximum atomic E-state index is 13.1. The van der Waals surface area contributed by atoms with Crippen LogP contribution in [0.3, 0.4) is 0 Å². The molecule has 2 unspecified atom stereocenters. The van der Waals surface area contributed by atoms with Crippen molar-refractivity contribution < 1.29 is 8.91 Å². The molecule has 1 aromatic carbocycles. The van der Waals surface area contributed by atoms with E-state index in [0.29, 0.717) is 34.7 Å². The lowest BCUT2D eigenvalue weighted by molar-refractivity contribution is 0.363. The van der Waals surface area contributed by atoms with Crippen molar-refractivity contribution in [3.8, 4) is 0 Å². The number of anilines is 1. The Morgan fingerprint density at radius 2 is 1.87 bits per heavy atom. The zero-order valence-electron chi connectivity index (χ0n) is 16.1. The lowest BCUT2D eigenvalue weighted by atomic mass is 10.2. The molecule has 0 N–H and O–H groups in total. The SMILES string of the molecule is Cn1cnc2ncn(Cc3nc(C4C5CN(c6ccc(F)cc6)CC54)no3)c(=O)c21. The third-order valence-electron chi connectivity index (χ3n) is 6.17. The van der Waals surface area contributed by atoms with Gasteiger partial charge in [-0.25, -0.2) is 14.4 Å². The lowest BCUT2D eigenvalue weighted by Gasteiger charge is -2.21. The molecule has 1 saturated carbocycles. The fraction of sp³-hybridized carbons (Fsp3) is 0.350. The first kappa shape index (κ1) is 17.3. The van der Waals surface area contributed by atoms with Crippen LogP contribution in [0.25, 0.3) is 11.2 Å². The summed E-state index contributed by atoms with van der Waals surface area (Å²) in [5.74, 6) is 2.06. The van der Waals surface area contributed by atoms with Gasteiger partial charge in [-0.1, -0.05) is 5.16 Å². The number of halogens is 1. The molecule has 1 aliphatic carbocycles. The zero-order chi connectivity index (χ0) is 20.4. The van der Waals surface area contributed by atoms with Crippen LogP contribution in [0, 0.1) is 17.7 Å². The first-order valence-corrected chi connectivity index (χ1v) is 9.78. The topological polar surface area (TPSA) is 94.9 Å². The number of hydrogen-bond acceptors (Lipinski definition) is 7. The van der Waals surface area contributed by atoms with Crippen molar-refractivity contribution in [3.63, 3.8) is 0 Å². The largest absolute Gasteiger partial charge is 0.371 e. The molecule has 30 heavy (non-hydrogen) atoms. The molecule has 152 valence electrons. The maximum absolute atomic E-state index is 13.1. The monoisotopic (exact) mass is 407 g/mol. The lowest BCUT2D eigenvalue weighted by Crippen LogP contribution is -2.23. The molecule has 4 heterocycles. The minimum atomic E-state index is -0.225. The molecule has 2 fully saturated rings. The van der Waals surface area contributed by atoms with Crippen molar-refractivity contribution in [2.75, 3.05) is 18.0 Å². The third-order valence-corrected chi connectivity index (χ3v) is 6.17. The molecule has 1 saturated heterocycles. The first-order chi connectivity index (χ1) is 14.6. The number of fused-ring (bicyclic) bond motifs is 2. The average molecular weight is 407 g/mol. The molecule has 9 nitrogen and oxygen atoms in total. The summed E-state index contributed by atoms with van der Waals surface area (Å²) in [6.45, 7) is 1.96. The Kier molecular flexibility index (Phi) is 3.59. The highest BCUT2D eigenvalue weighted by atomic mass is 19.1. The smallest absolute Gasteiger partial charge is 0.280 e. The summed E-state index contributed by atoms with van der Waals surface area (Å²) < 4.78 is 21.6. The fourth-order valence-electron chi connectivity index (χ4n) is 4.57. The van der Waals surface area contributed by atoms with Crippen molar-refractivity contribution >= 4 is 16.9 Å². The van der Waals surface area contributed by atoms with Crippen LogP contribution < -0.4 is 10.5 Å². The number of nitrogens with zero attached hydrogens (tertiary/aromatic N) is 7. The van der Waals surface area contributed by atoms with Gasteiger partial charge in [0.05, 0.1) is 6.33 Å². The van der Waals surface area contributed by atoms with E-state index in [-0.39, 0.29) is 23.8 Å². The van der Waals surface area contributed by atoms with Crippen molar-refractivity contribution in [2.45, 2.75) is 12.5 Å². The van der Waals surface area contributed by atoms with Gasteiger partial charge in [-0.3, -0.25) is 9.36 Å². The minimum Gasteiger partial charge on any atom is -0.371 e. The van der Waals surface area contributed by atoms with E-state index in [1.165, 1.54) is 23.0 Å². The number of benzene rings is 1. The molecule has 1 aliphatic heterocycles. The van der Waals surface area contributed by atoms with E-state index >= 15 is 0 Å². The second-order valence-electron chi connectivity index (χ2n) is 7.99. The van der Waals surface area contributed by atoms with Gasteiger partial charge in [-0.15, -0.1) is 0 Å². The standard InChI is InChI=1S/C20H18FN7O2/c1-26-9-22-19-17(26)20(29)28(10-23-19)8-15-24-18(25-30-15)16-13-6-27(7-14(13)16)12-4-2-11(21)3-5-12/h2-5,9-10,13-14,16H,6-8H2,1H3. The second kappa shape index (κ2) is 6.22. The van der Waals surface area contributed by atoms with Crippen LogP contribution in [0.5, 0.6) is 0 Å². The van der Waals surface area contributed by atoms with Gasteiger partial charge in [-0.2, -0.15) is 4.98 Å². The molecule has 0 radical (unpaired) electrons. The van der Waals surface area contributed by atoms with Crippen LogP contribution >= 0.6 is 0 Å². The Balaban J connectivity index is 1.16. The number of piperidine rings is 1. The molecule has 6 rings (SSSR count). The molecular weight excluding hydrogens is 389 g/mol. The molecule has 3 aromatic heterocycles. The average Bonchev–Trinajstić information content (AvgIpc) is 3.16. The molecule has 2 aliphatic rings. The Morgan fingerprint density at radius 3 is 2.63 bits per heavy atom. The molecule has 10 heteroatoms. The zero-order valence-corrected chi connectivity index (χ0v) is 16.1. The van der Waals surface area contributed by atoms with E-state index in [0.717, 1.165) is 18.8 Å². The van der Waals surface area contributed by atoms with Crippen molar-refractivity contribution in [1.82, 2.24) is 29.2 Å². The third kappa shape index (κ3) is 2.63. The summed E-state index contributed by atoms with van der Waals surface area (Å²) in [4.78, 5) is 27.8. The predicted molar refractivity (Wildman–Crippen MR) is 105 cm³/mol. The summed E-state index contributed by atoms with van der Waals surface area (Å²) in [7, 11) is 1.76. The van der Waals surface area contributed by atoms with Crippen molar-refractivity contribution in [3.05, 3.63) is 64.8 Å². The predicted octanol–water partition coefficient (Wildman–Crippen LogP) is 1.55. The van der Waals surface area contributed by atoms with Crippen LogP contribution in [0.1, 0.15) is 17.6 Å². The number of rotatable bonds is 4. The van der Waals surface area contributed by atoms with Gasteiger partial charge in [0.25, 0.3) is 5.56 Å². The van der Waals surface area contributed by atoms with Gasteiger partial charge in [0.2, 0.25) is 5.89 Å². The van der Waals surface area contributed by atoms with Crippen LogP contribution in [-0.2, 0) is 13.6 Å². The molecule has 2 atom stereocenters. The van der Waals surface area contributed by atoms with Crippen LogP contribution in [0.15, 0.2) is 46.2 Å². The maximum Gasteiger partial charge on any atom is 0.280 e. The van der Waals surface area contributed by atoms with Crippen LogP contribution in [-0.4, -0.2) is 42.3 Å². The number of hydrogen-bond donors (Lipinski definition) is 0. The van der Waals surface area contributed by atoms with Gasteiger partial charge in [0.15, 0.2) is 17.0 Å². The van der Waals surface area contributed by atoms with E-state index in [9.17, 15) is 9.18 Å². The molecular formula is C20H18FN7O2. The van der Waals surface area contributed by atoms with Crippen molar-refractivity contribution in [1.29, 1.82) is 0 Å². The Morgan fingerprint density at radius 1 is 1.13 bits per heavy atom. The fourth-order valence-corrected chi connectivity index (χ4v) is 4.57. The highest BCUT2D eigenvalue weighted by Gasteiger charge is 2.58. The highest BCUT2D eigenvalue weighted by Crippen LogP contribution is 2.57. The van der Waals surface area contributed by atoms with E-state index in [2.05, 4.69) is 25.0 Å². The van der Waals surface area contributed by atoms with E-state index in [1.54, 1.807) is 17.9 Å². The van der Waals surface area contributed by atoms with Crippen LogP contribution in [0.4, 0.5) is 10.1 Å². The van der Waals surface area contributed by atoms with E-state index in [4.69, 9.17) is 4.52 Å². The number of imidazole rings is 1. The molecule has 0 bridgehead atoms. The summed E-state index contributed by atoms with van der Waals surface area (Å²) in [5, 5.41) is 4.16. The molecule has 0 spiro atoms. The molecule has 4 aromatic rings. The van der Waals surface area contributed by atoms with Gasteiger partial charge < -0.3 is 14.0 Å². The normalized spacial score (nSPS) is 22.6.